The fraction of sp³-hybridized carbons (Fsp3) is 0.208. The van der Waals surface area contributed by atoms with Crippen LogP contribution in [0.4, 0.5) is 23.2 Å². The standard InChI is InChI=1S/C24H19F4N3O2/c25-17-3-1-2-4-20(17)31-9-7-30(8-10-31)13-16-21(32)6-5-15-23(29-33-24(15)16)14-11-18(26)22(28)19(27)12-14/h1-6,11-12,32H,7-10,13H2. The second-order valence-electron chi connectivity index (χ2n) is 7.94. The Kier molecular flexibility index (Phi) is 5.41. The van der Waals surface area contributed by atoms with Crippen LogP contribution in [0.15, 0.2) is 53.1 Å². The number of hydrogen-bond donors (Lipinski definition) is 1. The van der Waals surface area contributed by atoms with Crippen LogP contribution in [0.25, 0.3) is 22.2 Å². The zero-order chi connectivity index (χ0) is 23.1. The number of piperazine rings is 1. The highest BCUT2D eigenvalue weighted by Gasteiger charge is 2.24. The third-order valence-electron chi connectivity index (χ3n) is 5.92. The van der Waals surface area contributed by atoms with Crippen molar-refractivity contribution in [1.82, 2.24) is 10.1 Å². The van der Waals surface area contributed by atoms with Crippen LogP contribution in [0.3, 0.4) is 0 Å². The average Bonchev–Trinajstić information content (AvgIpc) is 3.24. The summed E-state index contributed by atoms with van der Waals surface area (Å²) in [5.74, 6) is -4.48. The molecule has 5 rings (SSSR count). The Morgan fingerprint density at radius 1 is 0.879 bits per heavy atom. The van der Waals surface area contributed by atoms with E-state index in [4.69, 9.17) is 4.52 Å². The molecule has 0 spiro atoms. The molecule has 5 nitrogen and oxygen atoms in total. The maximum absolute atomic E-state index is 14.1. The number of benzene rings is 3. The predicted octanol–water partition coefficient (Wildman–Crippen LogP) is 5.08. The highest BCUT2D eigenvalue weighted by atomic mass is 19.2. The quantitative estimate of drug-likeness (QED) is 0.342. The number of aromatic hydroxyl groups is 1. The van der Waals surface area contributed by atoms with E-state index in [9.17, 15) is 22.7 Å². The molecule has 1 N–H and O–H groups in total. The van der Waals surface area contributed by atoms with Crippen LogP contribution in [-0.2, 0) is 6.54 Å². The SMILES string of the molecule is Oc1ccc2c(-c3cc(F)c(F)c(F)c3)noc2c1CN1CCN(c2ccccc2F)CC1. The summed E-state index contributed by atoms with van der Waals surface area (Å²) in [7, 11) is 0. The van der Waals surface area contributed by atoms with Crippen LogP contribution in [0, 0.1) is 23.3 Å². The molecule has 1 aliphatic heterocycles. The Balaban J connectivity index is 1.40. The lowest BCUT2D eigenvalue weighted by Crippen LogP contribution is -2.46. The molecule has 3 aromatic carbocycles. The first-order valence-electron chi connectivity index (χ1n) is 10.4. The van der Waals surface area contributed by atoms with Crippen molar-refractivity contribution in [3.05, 3.63) is 77.4 Å². The third-order valence-corrected chi connectivity index (χ3v) is 5.92. The van der Waals surface area contributed by atoms with E-state index in [1.807, 2.05) is 4.90 Å². The van der Waals surface area contributed by atoms with Crippen molar-refractivity contribution in [2.75, 3.05) is 31.1 Å². The Morgan fingerprint density at radius 2 is 1.58 bits per heavy atom. The second-order valence-corrected chi connectivity index (χ2v) is 7.94. The zero-order valence-electron chi connectivity index (χ0n) is 17.4. The number of hydrogen-bond acceptors (Lipinski definition) is 5. The molecule has 0 unspecified atom stereocenters. The van der Waals surface area contributed by atoms with Gasteiger partial charge in [0.05, 0.1) is 16.6 Å². The summed E-state index contributed by atoms with van der Waals surface area (Å²) in [5, 5.41) is 14.8. The summed E-state index contributed by atoms with van der Waals surface area (Å²) in [5.41, 5.74) is 1.50. The van der Waals surface area contributed by atoms with Gasteiger partial charge in [-0.1, -0.05) is 17.3 Å². The number of aromatic nitrogens is 1. The lowest BCUT2D eigenvalue weighted by atomic mass is 10.0. The minimum absolute atomic E-state index is 0.00167. The Bertz CT molecular complexity index is 1310. The van der Waals surface area contributed by atoms with E-state index in [1.165, 1.54) is 18.2 Å². The van der Waals surface area contributed by atoms with E-state index in [0.717, 1.165) is 12.1 Å². The number of phenolic OH excluding ortho intramolecular Hbond substituents is 1. The summed E-state index contributed by atoms with van der Waals surface area (Å²) >= 11 is 0. The first-order chi connectivity index (χ1) is 15.9. The predicted molar refractivity (Wildman–Crippen MR) is 115 cm³/mol. The topological polar surface area (TPSA) is 52.7 Å². The second kappa shape index (κ2) is 8.40. The minimum Gasteiger partial charge on any atom is -0.507 e. The zero-order valence-corrected chi connectivity index (χ0v) is 17.4. The molecule has 0 saturated carbocycles. The van der Waals surface area contributed by atoms with Crippen molar-refractivity contribution >= 4 is 16.7 Å². The van der Waals surface area contributed by atoms with Crippen molar-refractivity contribution in [2.24, 2.45) is 0 Å². The van der Waals surface area contributed by atoms with E-state index in [2.05, 4.69) is 10.1 Å². The average molecular weight is 457 g/mol. The van der Waals surface area contributed by atoms with Gasteiger partial charge in [0.1, 0.15) is 17.3 Å². The lowest BCUT2D eigenvalue weighted by molar-refractivity contribution is 0.245. The van der Waals surface area contributed by atoms with Crippen molar-refractivity contribution < 1.29 is 27.2 Å². The van der Waals surface area contributed by atoms with Gasteiger partial charge in [-0.3, -0.25) is 4.90 Å². The molecule has 1 fully saturated rings. The van der Waals surface area contributed by atoms with E-state index in [1.54, 1.807) is 18.2 Å². The molecule has 1 saturated heterocycles. The van der Waals surface area contributed by atoms with E-state index in [0.29, 0.717) is 49.4 Å². The van der Waals surface area contributed by atoms with Crippen LogP contribution >= 0.6 is 0 Å². The molecule has 2 heterocycles. The first kappa shape index (κ1) is 21.3. The van der Waals surface area contributed by atoms with Crippen molar-refractivity contribution in [1.29, 1.82) is 0 Å². The van der Waals surface area contributed by atoms with Gasteiger partial charge in [0, 0.05) is 38.3 Å². The van der Waals surface area contributed by atoms with Crippen LogP contribution < -0.4 is 4.90 Å². The van der Waals surface area contributed by atoms with Gasteiger partial charge < -0.3 is 14.5 Å². The van der Waals surface area contributed by atoms with Gasteiger partial charge in [0.25, 0.3) is 0 Å². The summed E-state index contributed by atoms with van der Waals surface area (Å²) in [6.07, 6.45) is 0. The maximum Gasteiger partial charge on any atom is 0.194 e. The van der Waals surface area contributed by atoms with Gasteiger partial charge in [0.2, 0.25) is 0 Å². The largest absolute Gasteiger partial charge is 0.507 e. The molecule has 0 aliphatic carbocycles. The summed E-state index contributed by atoms with van der Waals surface area (Å²) < 4.78 is 60.3. The van der Waals surface area contributed by atoms with Crippen LogP contribution in [0.1, 0.15) is 5.56 Å². The van der Waals surface area contributed by atoms with Gasteiger partial charge in [-0.2, -0.15) is 0 Å². The minimum atomic E-state index is -1.56. The molecule has 0 bridgehead atoms. The molecule has 4 aromatic rings. The van der Waals surface area contributed by atoms with Gasteiger partial charge >= 0.3 is 0 Å². The van der Waals surface area contributed by atoms with Gasteiger partial charge in [-0.25, -0.2) is 17.6 Å². The van der Waals surface area contributed by atoms with Crippen molar-refractivity contribution in [3.63, 3.8) is 0 Å². The normalized spacial score (nSPS) is 14.8. The molecule has 0 amide bonds. The maximum atomic E-state index is 14.1. The molecule has 0 atom stereocenters. The highest BCUT2D eigenvalue weighted by molar-refractivity contribution is 5.94. The smallest absolute Gasteiger partial charge is 0.194 e. The Labute approximate surface area is 186 Å². The fourth-order valence-corrected chi connectivity index (χ4v) is 4.18. The number of fused-ring (bicyclic) bond motifs is 1. The van der Waals surface area contributed by atoms with Crippen molar-refractivity contribution in [2.45, 2.75) is 6.54 Å². The lowest BCUT2D eigenvalue weighted by Gasteiger charge is -2.36. The number of phenols is 1. The number of para-hydroxylation sites is 1. The molecule has 170 valence electrons. The molecule has 33 heavy (non-hydrogen) atoms. The van der Waals surface area contributed by atoms with Gasteiger partial charge in [0.15, 0.2) is 23.0 Å². The molecule has 0 radical (unpaired) electrons. The molecule has 9 heteroatoms. The van der Waals surface area contributed by atoms with Crippen LogP contribution in [0.2, 0.25) is 0 Å². The fourth-order valence-electron chi connectivity index (χ4n) is 4.18. The molecular weight excluding hydrogens is 438 g/mol. The van der Waals surface area contributed by atoms with E-state index >= 15 is 0 Å². The first-order valence-corrected chi connectivity index (χ1v) is 10.4. The summed E-state index contributed by atoms with van der Waals surface area (Å²) in [6, 6.07) is 11.3. The Morgan fingerprint density at radius 3 is 2.27 bits per heavy atom. The monoisotopic (exact) mass is 457 g/mol. The van der Waals surface area contributed by atoms with Crippen LogP contribution in [0.5, 0.6) is 5.75 Å². The summed E-state index contributed by atoms with van der Waals surface area (Å²) in [6.45, 7) is 2.80. The third kappa shape index (κ3) is 3.89. The molecular formula is C24H19F4N3O2. The molecule has 1 aromatic heterocycles. The van der Waals surface area contributed by atoms with Crippen molar-refractivity contribution in [3.8, 4) is 17.0 Å². The number of nitrogens with zero attached hydrogens (tertiary/aromatic N) is 3. The van der Waals surface area contributed by atoms with E-state index in [-0.39, 0.29) is 28.4 Å². The molecule has 1 aliphatic rings. The number of anilines is 1. The van der Waals surface area contributed by atoms with Crippen LogP contribution in [-0.4, -0.2) is 41.3 Å². The van der Waals surface area contributed by atoms with Gasteiger partial charge in [-0.15, -0.1) is 0 Å². The Hall–Kier alpha value is -3.59. The number of halogens is 4. The van der Waals surface area contributed by atoms with Gasteiger partial charge in [-0.05, 0) is 36.4 Å². The van der Waals surface area contributed by atoms with E-state index < -0.39 is 17.5 Å². The highest BCUT2D eigenvalue weighted by Crippen LogP contribution is 2.35. The summed E-state index contributed by atoms with van der Waals surface area (Å²) in [4.78, 5) is 4.06. The number of rotatable bonds is 4.